The van der Waals surface area contributed by atoms with Gasteiger partial charge in [-0.05, 0) is 31.9 Å². The van der Waals surface area contributed by atoms with Crippen LogP contribution >= 0.6 is 0 Å². The van der Waals surface area contributed by atoms with Crippen LogP contribution in [0.2, 0.25) is 0 Å². The van der Waals surface area contributed by atoms with Crippen molar-refractivity contribution in [1.29, 1.82) is 0 Å². The summed E-state index contributed by atoms with van der Waals surface area (Å²) in [7, 11) is 1.56. The van der Waals surface area contributed by atoms with E-state index in [4.69, 9.17) is 9.26 Å². The maximum absolute atomic E-state index is 11.6. The summed E-state index contributed by atoms with van der Waals surface area (Å²) in [5.74, 6) is 0.539. The van der Waals surface area contributed by atoms with Gasteiger partial charge < -0.3 is 14.6 Å². The van der Waals surface area contributed by atoms with Gasteiger partial charge in [0.2, 0.25) is 5.82 Å². The molecular weight excluding hydrogens is 272 g/mol. The highest BCUT2D eigenvalue weighted by Gasteiger charge is 2.36. The van der Waals surface area contributed by atoms with E-state index in [1.807, 2.05) is 6.92 Å². The molecule has 7 heteroatoms. The number of hydrogen-bond donors (Lipinski definition) is 1. The number of ether oxygens (including phenoxy) is 1. The van der Waals surface area contributed by atoms with Gasteiger partial charge in [0, 0.05) is 13.7 Å². The number of carbonyl (C=O) groups excluding carboxylic acids is 1. The minimum Gasteiger partial charge on any atom is -0.367 e. The standard InChI is InChI=1S/C14H16N4O3/c1-14(7-4-8-20-14)13-17-12(21-18-13)10-6-3-5-9(16-10)11(19)15-2/h3,5-6H,4,7-8H2,1-2H3,(H,15,19). The largest absolute Gasteiger partial charge is 0.367 e. The van der Waals surface area contributed by atoms with Crippen LogP contribution < -0.4 is 5.32 Å². The quantitative estimate of drug-likeness (QED) is 0.920. The van der Waals surface area contributed by atoms with Crippen LogP contribution in [-0.4, -0.2) is 34.7 Å². The lowest BCUT2D eigenvalue weighted by Gasteiger charge is -2.17. The van der Waals surface area contributed by atoms with Crippen LogP contribution in [0.3, 0.4) is 0 Å². The first-order valence-electron chi connectivity index (χ1n) is 6.80. The summed E-state index contributed by atoms with van der Waals surface area (Å²) in [5.41, 5.74) is 0.273. The van der Waals surface area contributed by atoms with Crippen molar-refractivity contribution in [3.63, 3.8) is 0 Å². The Morgan fingerprint density at radius 3 is 2.95 bits per heavy atom. The number of rotatable bonds is 3. The Morgan fingerprint density at radius 1 is 1.38 bits per heavy atom. The zero-order valence-electron chi connectivity index (χ0n) is 11.9. The third kappa shape index (κ3) is 2.52. The van der Waals surface area contributed by atoms with E-state index in [2.05, 4.69) is 20.4 Å². The molecule has 1 fully saturated rings. The van der Waals surface area contributed by atoms with Crippen molar-refractivity contribution >= 4 is 5.91 Å². The highest BCUT2D eigenvalue weighted by atomic mass is 16.5. The summed E-state index contributed by atoms with van der Waals surface area (Å²) in [4.78, 5) is 20.2. The molecule has 110 valence electrons. The van der Waals surface area contributed by atoms with Crippen LogP contribution in [0.5, 0.6) is 0 Å². The molecule has 1 aliphatic heterocycles. The first kappa shape index (κ1) is 13.7. The van der Waals surface area contributed by atoms with Crippen molar-refractivity contribution in [3.8, 4) is 11.6 Å². The Bertz CT molecular complexity index is 662. The Balaban J connectivity index is 1.91. The predicted octanol–water partition coefficient (Wildman–Crippen LogP) is 1.52. The highest BCUT2D eigenvalue weighted by Crippen LogP contribution is 2.34. The molecule has 1 unspecified atom stereocenters. The second-order valence-corrected chi connectivity index (χ2v) is 5.09. The fourth-order valence-corrected chi connectivity index (χ4v) is 2.31. The molecule has 0 aliphatic carbocycles. The first-order valence-corrected chi connectivity index (χ1v) is 6.80. The van der Waals surface area contributed by atoms with E-state index < -0.39 is 5.60 Å². The Kier molecular flexibility index (Phi) is 3.42. The van der Waals surface area contributed by atoms with Crippen molar-refractivity contribution in [2.45, 2.75) is 25.4 Å². The molecule has 0 saturated carbocycles. The van der Waals surface area contributed by atoms with Gasteiger partial charge in [-0.2, -0.15) is 4.98 Å². The second-order valence-electron chi connectivity index (χ2n) is 5.09. The molecule has 1 amide bonds. The molecule has 3 heterocycles. The van der Waals surface area contributed by atoms with Gasteiger partial charge >= 0.3 is 0 Å². The van der Waals surface area contributed by atoms with E-state index in [1.54, 1.807) is 25.2 Å². The summed E-state index contributed by atoms with van der Waals surface area (Å²) in [6, 6.07) is 5.08. The lowest BCUT2D eigenvalue weighted by Crippen LogP contribution is -2.21. The fraction of sp³-hybridized carbons (Fsp3) is 0.429. The second kappa shape index (κ2) is 5.25. The fourth-order valence-electron chi connectivity index (χ4n) is 2.31. The summed E-state index contributed by atoms with van der Waals surface area (Å²) in [5, 5.41) is 6.52. The Hall–Kier alpha value is -2.28. The minimum atomic E-state index is -0.500. The topological polar surface area (TPSA) is 90.1 Å². The number of hydrogen-bond acceptors (Lipinski definition) is 6. The summed E-state index contributed by atoms with van der Waals surface area (Å²) in [6.45, 7) is 2.65. The van der Waals surface area contributed by atoms with E-state index in [-0.39, 0.29) is 11.8 Å². The number of nitrogens with zero attached hydrogens (tertiary/aromatic N) is 3. The molecule has 0 bridgehead atoms. The lowest BCUT2D eigenvalue weighted by molar-refractivity contribution is 0.00768. The maximum Gasteiger partial charge on any atom is 0.276 e. The van der Waals surface area contributed by atoms with E-state index >= 15 is 0 Å². The number of nitrogens with one attached hydrogen (secondary N) is 1. The molecule has 1 aliphatic rings. The van der Waals surface area contributed by atoms with Gasteiger partial charge in [0.05, 0.1) is 0 Å². The monoisotopic (exact) mass is 288 g/mol. The predicted molar refractivity (Wildman–Crippen MR) is 73.5 cm³/mol. The van der Waals surface area contributed by atoms with E-state index in [1.165, 1.54) is 0 Å². The zero-order valence-corrected chi connectivity index (χ0v) is 11.9. The molecule has 2 aromatic heterocycles. The molecule has 0 spiro atoms. The van der Waals surface area contributed by atoms with Gasteiger partial charge in [0.15, 0.2) is 0 Å². The smallest absolute Gasteiger partial charge is 0.276 e. The molecule has 0 radical (unpaired) electrons. The van der Waals surface area contributed by atoms with E-state index in [0.29, 0.717) is 23.8 Å². The molecule has 0 aromatic carbocycles. The molecule has 1 saturated heterocycles. The van der Waals surface area contributed by atoms with Crippen LogP contribution in [0.25, 0.3) is 11.6 Å². The van der Waals surface area contributed by atoms with E-state index in [0.717, 1.165) is 12.8 Å². The van der Waals surface area contributed by atoms with Crippen molar-refractivity contribution in [1.82, 2.24) is 20.4 Å². The van der Waals surface area contributed by atoms with Crippen molar-refractivity contribution in [3.05, 3.63) is 29.7 Å². The zero-order chi connectivity index (χ0) is 14.9. The summed E-state index contributed by atoms with van der Waals surface area (Å²) in [6.07, 6.45) is 1.84. The summed E-state index contributed by atoms with van der Waals surface area (Å²) >= 11 is 0. The minimum absolute atomic E-state index is 0.261. The third-order valence-corrected chi connectivity index (χ3v) is 3.55. The van der Waals surface area contributed by atoms with Crippen LogP contribution in [0, 0.1) is 0 Å². The highest BCUT2D eigenvalue weighted by molar-refractivity contribution is 5.92. The lowest BCUT2D eigenvalue weighted by atomic mass is 10.0. The number of aromatic nitrogens is 3. The van der Waals surface area contributed by atoms with Gasteiger partial charge in [-0.1, -0.05) is 11.2 Å². The Morgan fingerprint density at radius 2 is 2.24 bits per heavy atom. The first-order chi connectivity index (χ1) is 10.1. The van der Waals surface area contributed by atoms with Crippen LogP contribution in [-0.2, 0) is 10.3 Å². The Labute approximate surface area is 121 Å². The van der Waals surface area contributed by atoms with Crippen molar-refractivity contribution < 1.29 is 14.1 Å². The summed E-state index contributed by atoms with van der Waals surface area (Å²) < 4.78 is 10.9. The number of amides is 1. The maximum atomic E-state index is 11.6. The van der Waals surface area contributed by atoms with Gasteiger partial charge in [0.25, 0.3) is 11.8 Å². The molecular formula is C14H16N4O3. The SMILES string of the molecule is CNC(=O)c1cccc(-c2nc(C3(C)CCCO3)no2)n1. The molecule has 1 atom stereocenters. The van der Waals surface area contributed by atoms with Gasteiger partial charge in [-0.25, -0.2) is 4.98 Å². The van der Waals surface area contributed by atoms with Crippen molar-refractivity contribution in [2.24, 2.45) is 0 Å². The van der Waals surface area contributed by atoms with E-state index in [9.17, 15) is 4.79 Å². The molecule has 7 nitrogen and oxygen atoms in total. The molecule has 1 N–H and O–H groups in total. The third-order valence-electron chi connectivity index (χ3n) is 3.55. The van der Waals surface area contributed by atoms with Crippen LogP contribution in [0.4, 0.5) is 0 Å². The normalized spacial score (nSPS) is 21.4. The van der Waals surface area contributed by atoms with Crippen LogP contribution in [0.15, 0.2) is 22.7 Å². The number of carbonyl (C=O) groups is 1. The molecule has 3 rings (SSSR count). The van der Waals surface area contributed by atoms with Gasteiger partial charge in [-0.15, -0.1) is 0 Å². The van der Waals surface area contributed by atoms with Crippen molar-refractivity contribution in [2.75, 3.05) is 13.7 Å². The average Bonchev–Trinajstić information content (AvgIpc) is 3.16. The average molecular weight is 288 g/mol. The molecule has 21 heavy (non-hydrogen) atoms. The van der Waals surface area contributed by atoms with Gasteiger partial charge in [-0.3, -0.25) is 4.79 Å². The van der Waals surface area contributed by atoms with Crippen LogP contribution in [0.1, 0.15) is 36.1 Å². The van der Waals surface area contributed by atoms with Gasteiger partial charge in [0.1, 0.15) is 17.0 Å². The molecule has 2 aromatic rings. The number of pyridine rings is 1.